The number of carboxylic acids is 1. The van der Waals surface area contributed by atoms with Gasteiger partial charge in [0.15, 0.2) is 12.2 Å². The van der Waals surface area contributed by atoms with Gasteiger partial charge in [0.05, 0.1) is 50.2 Å². The van der Waals surface area contributed by atoms with E-state index in [0.29, 0.717) is 26.2 Å². The van der Waals surface area contributed by atoms with E-state index in [0.717, 1.165) is 27.8 Å². The first-order chi connectivity index (χ1) is 16.2. The number of hydrogen-bond donors (Lipinski definition) is 5. The lowest BCUT2D eigenvalue weighted by Gasteiger charge is -2.51. The lowest BCUT2D eigenvalue weighted by atomic mass is 9.96. The summed E-state index contributed by atoms with van der Waals surface area (Å²) in [7, 11) is 1.88. The Bertz CT molecular complexity index is 1130. The second-order valence-electron chi connectivity index (χ2n) is 9.35. The highest BCUT2D eigenvalue weighted by molar-refractivity contribution is 7.16. The van der Waals surface area contributed by atoms with Crippen molar-refractivity contribution in [1.82, 2.24) is 4.90 Å². The number of aliphatic hydroxyl groups excluding tert-OH is 3. The summed E-state index contributed by atoms with van der Waals surface area (Å²) in [5.41, 5.74) is 2.84. The van der Waals surface area contributed by atoms with Crippen LogP contribution in [-0.4, -0.2) is 105 Å². The van der Waals surface area contributed by atoms with Crippen LogP contribution in [0.25, 0.3) is 0 Å². The number of likely N-dealkylation sites (N-methyl/N-ethyl adjacent to an activating group) is 1. The molecule has 5 N–H and O–H groups in total. The molecule has 0 unspecified atom stereocenters. The van der Waals surface area contributed by atoms with Gasteiger partial charge in [-0.2, -0.15) is 0 Å². The average Bonchev–Trinajstić information content (AvgIpc) is 3.09. The van der Waals surface area contributed by atoms with Crippen LogP contribution in [0.1, 0.15) is 10.4 Å². The minimum absolute atomic E-state index is 0.211. The number of nitrogens with zero attached hydrogens (tertiary/aromatic N) is 3. The van der Waals surface area contributed by atoms with E-state index >= 15 is 0 Å². The van der Waals surface area contributed by atoms with Crippen molar-refractivity contribution in [3.8, 4) is 0 Å². The number of anilines is 2. The van der Waals surface area contributed by atoms with Crippen LogP contribution in [-0.2, 0) is 9.53 Å². The molecular formula is C23H29N4O6S+. The van der Waals surface area contributed by atoms with Crippen LogP contribution in [0, 0.1) is 6.92 Å². The van der Waals surface area contributed by atoms with Gasteiger partial charge in [-0.05, 0) is 25.1 Å². The predicted molar refractivity (Wildman–Crippen MR) is 127 cm³/mol. The van der Waals surface area contributed by atoms with Crippen molar-refractivity contribution in [3.63, 3.8) is 0 Å². The Hall–Kier alpha value is -2.54. The first kappa shape index (κ1) is 23.2. The van der Waals surface area contributed by atoms with Gasteiger partial charge in [-0.1, -0.05) is 12.1 Å². The van der Waals surface area contributed by atoms with Crippen LogP contribution in [0.15, 0.2) is 35.3 Å². The van der Waals surface area contributed by atoms with E-state index in [-0.39, 0.29) is 4.48 Å². The number of benzene rings is 1. The maximum Gasteiger partial charge on any atom is 0.335 e. The Kier molecular flexibility index (Phi) is 5.87. The summed E-state index contributed by atoms with van der Waals surface area (Å²) >= 11 is 1.68. The smallest absolute Gasteiger partial charge is 0.335 e. The zero-order valence-electron chi connectivity index (χ0n) is 19.0. The standard InChI is InChI=1S/C23H28N4O6S/c1-12-11-13-20(24-14-5-3-4-6-15(14)25-21(13)34-12)26-7-9-27(2,10-8-26)22-18(30)16(28)17(29)19(33-22)23(31)32/h3-6,11,16-19,22,28-30H,7-10H2,1-2H3,(H-,24,25,31,32)/p+1/t16-,17-,18+,19-,22+/m0/s1. The fourth-order valence-electron chi connectivity index (χ4n) is 4.96. The number of carbonyl (C=O) groups is 1. The highest BCUT2D eigenvalue weighted by Crippen LogP contribution is 2.39. The quantitative estimate of drug-likeness (QED) is 0.392. The van der Waals surface area contributed by atoms with Gasteiger partial charge in [-0.15, -0.1) is 11.3 Å². The number of aliphatic hydroxyl groups is 3. The molecule has 3 aliphatic heterocycles. The second kappa shape index (κ2) is 8.59. The highest BCUT2D eigenvalue weighted by Gasteiger charge is 2.54. The maximum absolute atomic E-state index is 11.5. The third-order valence-electron chi connectivity index (χ3n) is 6.98. The molecule has 34 heavy (non-hydrogen) atoms. The SMILES string of the molecule is Cc1cc2c(s1)Nc1ccccc1N=C2N1CC[N+](C)([C@@H]2O[C@H](C(=O)O)[C@@H](O)[C@H](O)[C@H]2O)CC1. The molecule has 0 bridgehead atoms. The van der Waals surface area contributed by atoms with Gasteiger partial charge < -0.3 is 35.4 Å². The zero-order valence-corrected chi connectivity index (χ0v) is 19.8. The summed E-state index contributed by atoms with van der Waals surface area (Å²) < 4.78 is 5.86. The lowest BCUT2D eigenvalue weighted by molar-refractivity contribution is -0.964. The third kappa shape index (κ3) is 3.88. The van der Waals surface area contributed by atoms with Crippen LogP contribution >= 0.6 is 11.3 Å². The van der Waals surface area contributed by atoms with Gasteiger partial charge in [-0.3, -0.25) is 4.48 Å². The Morgan fingerprint density at radius 3 is 2.59 bits per heavy atom. The normalized spacial score (nSPS) is 30.4. The molecule has 2 aromatic rings. The molecular weight excluding hydrogens is 460 g/mol. The number of para-hydroxylation sites is 2. The number of aliphatic carboxylic acids is 1. The van der Waals surface area contributed by atoms with Crippen molar-refractivity contribution < 1.29 is 34.4 Å². The fraction of sp³-hybridized carbons (Fsp3) is 0.478. The minimum Gasteiger partial charge on any atom is -0.479 e. The van der Waals surface area contributed by atoms with Crippen LogP contribution in [0.4, 0.5) is 16.4 Å². The lowest BCUT2D eigenvalue weighted by Crippen LogP contribution is -2.72. The number of aryl methyl sites for hydroxylation is 1. The third-order valence-corrected chi connectivity index (χ3v) is 7.95. The first-order valence-corrected chi connectivity index (χ1v) is 12.1. The van der Waals surface area contributed by atoms with Crippen molar-refractivity contribution in [3.05, 3.63) is 40.8 Å². The number of amidine groups is 1. The van der Waals surface area contributed by atoms with Gasteiger partial charge in [0.1, 0.15) is 23.0 Å². The monoisotopic (exact) mass is 489 g/mol. The average molecular weight is 490 g/mol. The van der Waals surface area contributed by atoms with E-state index in [9.17, 15) is 25.2 Å². The molecule has 182 valence electrons. The van der Waals surface area contributed by atoms with Crippen molar-refractivity contribution in [2.75, 3.05) is 38.5 Å². The number of nitrogens with one attached hydrogen (secondary N) is 1. The molecule has 1 aromatic heterocycles. The Balaban J connectivity index is 1.40. The molecule has 10 nitrogen and oxygen atoms in total. The summed E-state index contributed by atoms with van der Waals surface area (Å²) in [4.78, 5) is 19.9. The molecule has 5 atom stereocenters. The Morgan fingerprint density at radius 2 is 1.88 bits per heavy atom. The van der Waals surface area contributed by atoms with E-state index in [4.69, 9.17) is 9.73 Å². The first-order valence-electron chi connectivity index (χ1n) is 11.2. The van der Waals surface area contributed by atoms with Gasteiger partial charge in [0.2, 0.25) is 6.23 Å². The van der Waals surface area contributed by atoms with Gasteiger partial charge in [0, 0.05) is 4.88 Å². The van der Waals surface area contributed by atoms with Gasteiger partial charge >= 0.3 is 5.97 Å². The molecule has 3 aliphatic rings. The fourth-order valence-corrected chi connectivity index (χ4v) is 5.88. The van der Waals surface area contributed by atoms with Gasteiger partial charge in [-0.25, -0.2) is 9.79 Å². The molecule has 0 aliphatic carbocycles. The number of piperazine rings is 1. The molecule has 5 rings (SSSR count). The number of carboxylic acid groups (broad SMARTS) is 1. The van der Waals surface area contributed by atoms with E-state index in [2.05, 4.69) is 23.2 Å². The number of thiophene rings is 1. The maximum atomic E-state index is 11.5. The largest absolute Gasteiger partial charge is 0.479 e. The Morgan fingerprint density at radius 1 is 1.18 bits per heavy atom. The van der Waals surface area contributed by atoms with Crippen LogP contribution in [0.5, 0.6) is 0 Å². The van der Waals surface area contributed by atoms with Crippen molar-refractivity contribution in [2.24, 2.45) is 4.99 Å². The number of aliphatic imine (C=N–C) groups is 1. The molecule has 0 saturated carbocycles. The summed E-state index contributed by atoms with van der Waals surface area (Å²) in [5.74, 6) is -0.500. The number of hydrogen-bond acceptors (Lipinski definition) is 9. The van der Waals surface area contributed by atoms with Crippen LogP contribution in [0.2, 0.25) is 0 Å². The van der Waals surface area contributed by atoms with E-state index < -0.39 is 36.6 Å². The molecule has 2 fully saturated rings. The Labute approximate surface area is 200 Å². The van der Waals surface area contributed by atoms with Crippen LogP contribution < -0.4 is 5.32 Å². The molecule has 11 heteroatoms. The summed E-state index contributed by atoms with van der Waals surface area (Å²) in [6.07, 6.45) is -7.26. The minimum atomic E-state index is -1.69. The molecule has 0 amide bonds. The number of rotatable bonds is 2. The van der Waals surface area contributed by atoms with Crippen molar-refractivity contribution in [2.45, 2.75) is 37.6 Å². The molecule has 0 spiro atoms. The molecule has 0 radical (unpaired) electrons. The predicted octanol–water partition coefficient (Wildman–Crippen LogP) is 0.846. The zero-order chi connectivity index (χ0) is 24.2. The number of ether oxygens (including phenoxy) is 1. The summed E-state index contributed by atoms with van der Waals surface area (Å²) in [5, 5.41) is 44.9. The summed E-state index contributed by atoms with van der Waals surface area (Å²) in [6, 6.07) is 10.0. The second-order valence-corrected chi connectivity index (χ2v) is 10.6. The molecule has 1 aromatic carbocycles. The van der Waals surface area contributed by atoms with E-state index in [1.165, 1.54) is 4.88 Å². The van der Waals surface area contributed by atoms with Gasteiger partial charge in [0.25, 0.3) is 0 Å². The van der Waals surface area contributed by atoms with Crippen molar-refractivity contribution >= 4 is 39.5 Å². The highest BCUT2D eigenvalue weighted by atomic mass is 32.1. The van der Waals surface area contributed by atoms with Crippen molar-refractivity contribution in [1.29, 1.82) is 0 Å². The number of fused-ring (bicyclic) bond motifs is 2. The van der Waals surface area contributed by atoms with E-state index in [1.807, 2.05) is 31.3 Å². The van der Waals surface area contributed by atoms with Crippen LogP contribution in [0.3, 0.4) is 0 Å². The van der Waals surface area contributed by atoms with E-state index in [1.54, 1.807) is 11.3 Å². The number of quaternary nitrogens is 1. The topological polar surface area (TPSA) is 135 Å². The molecule has 4 heterocycles. The molecule has 2 saturated heterocycles. The summed E-state index contributed by atoms with van der Waals surface area (Å²) in [6.45, 7) is 4.31.